The molecule has 3 aromatic rings. The lowest BCUT2D eigenvalue weighted by molar-refractivity contribution is -0.117. The van der Waals surface area contributed by atoms with E-state index in [2.05, 4.69) is 29.6 Å². The number of amides is 1. The highest BCUT2D eigenvalue weighted by Crippen LogP contribution is 2.46. The topological polar surface area (TPSA) is 83.1 Å². The van der Waals surface area contributed by atoms with Gasteiger partial charge in [-0.25, -0.2) is 9.18 Å². The van der Waals surface area contributed by atoms with Gasteiger partial charge in [-0.1, -0.05) is 55.5 Å². The van der Waals surface area contributed by atoms with Crippen molar-refractivity contribution in [2.75, 3.05) is 25.8 Å². The second-order valence-corrected chi connectivity index (χ2v) is 10.5. The number of rotatable bonds is 7. The monoisotopic (exact) mass is 543 g/mol. The van der Waals surface area contributed by atoms with Gasteiger partial charge in [-0.05, 0) is 52.6 Å². The molecule has 1 saturated heterocycles. The molecular weight excluding hydrogens is 513 g/mol. The van der Waals surface area contributed by atoms with E-state index in [0.29, 0.717) is 36.3 Å². The van der Waals surface area contributed by atoms with Crippen LogP contribution in [-0.2, 0) is 25.4 Å². The number of fused-ring (bicyclic) bond motifs is 4. The van der Waals surface area contributed by atoms with Crippen molar-refractivity contribution in [2.45, 2.75) is 37.7 Å². The molecule has 2 aliphatic carbocycles. The Bertz CT molecular complexity index is 1470. The molecule has 1 aliphatic heterocycles. The molecular formula is C32H30FNO6. The van der Waals surface area contributed by atoms with Crippen molar-refractivity contribution in [1.82, 2.24) is 0 Å². The van der Waals surface area contributed by atoms with Crippen molar-refractivity contribution < 1.29 is 32.9 Å². The maximum atomic E-state index is 15.2. The van der Waals surface area contributed by atoms with E-state index in [9.17, 15) is 9.59 Å². The number of anilines is 1. The molecule has 3 aromatic carbocycles. The van der Waals surface area contributed by atoms with Crippen LogP contribution in [0.15, 0.2) is 72.5 Å². The van der Waals surface area contributed by atoms with Crippen LogP contribution in [-0.4, -0.2) is 38.0 Å². The predicted octanol–water partition coefficient (Wildman–Crippen LogP) is 6.36. The van der Waals surface area contributed by atoms with E-state index in [4.69, 9.17) is 18.9 Å². The molecule has 0 bridgehead atoms. The Labute approximate surface area is 231 Å². The Morgan fingerprint density at radius 3 is 2.52 bits per heavy atom. The Hall–Kier alpha value is -4.17. The molecule has 0 radical (unpaired) electrons. The molecule has 7 nitrogen and oxygen atoms in total. The molecule has 1 fully saturated rings. The summed E-state index contributed by atoms with van der Waals surface area (Å²) in [5.74, 6) is -0.0585. The zero-order valence-electron chi connectivity index (χ0n) is 22.4. The Morgan fingerprint density at radius 2 is 1.82 bits per heavy atom. The summed E-state index contributed by atoms with van der Waals surface area (Å²) >= 11 is 0. The molecule has 0 aromatic heterocycles. The molecule has 8 heteroatoms. The molecule has 1 heterocycles. The fourth-order valence-electron chi connectivity index (χ4n) is 6.17. The highest BCUT2D eigenvalue weighted by Gasteiger charge is 2.49. The molecule has 6 rings (SSSR count). The van der Waals surface area contributed by atoms with Gasteiger partial charge in [-0.3, -0.25) is 10.1 Å². The molecule has 0 saturated carbocycles. The molecule has 40 heavy (non-hydrogen) atoms. The second kappa shape index (κ2) is 10.4. The summed E-state index contributed by atoms with van der Waals surface area (Å²) in [6.07, 6.45) is 1.94. The van der Waals surface area contributed by atoms with Crippen LogP contribution in [0.4, 0.5) is 14.9 Å². The van der Waals surface area contributed by atoms with E-state index < -0.39 is 17.5 Å². The molecule has 1 N–H and O–H groups in total. The first-order valence-electron chi connectivity index (χ1n) is 13.4. The summed E-state index contributed by atoms with van der Waals surface area (Å²) in [7, 11) is 1.42. The standard InChI is InChI=1S/C32H30FNO6/c1-19(32-12-11-21(35)15-30(32)39-18-40-32)13-20-14-28(29(37-2)16-27(20)33)34-31(36)38-17-26-24-9-5-3-7-22(24)23-8-4-6-10-25(23)26/h3-10,14-16,19,26H,11-13,17-18H2,1-2H3,(H,34,36)/t19-,32+/m0/s1. The molecule has 1 amide bonds. The van der Waals surface area contributed by atoms with Gasteiger partial charge in [0.1, 0.15) is 29.5 Å². The first-order chi connectivity index (χ1) is 19.4. The van der Waals surface area contributed by atoms with Crippen molar-refractivity contribution in [3.63, 3.8) is 0 Å². The highest BCUT2D eigenvalue weighted by molar-refractivity contribution is 5.91. The van der Waals surface area contributed by atoms with Gasteiger partial charge < -0.3 is 18.9 Å². The normalized spacial score (nSPS) is 20.1. The van der Waals surface area contributed by atoms with Gasteiger partial charge in [0.2, 0.25) is 0 Å². The fraction of sp³-hybridized carbons (Fsp3) is 0.312. The maximum Gasteiger partial charge on any atom is 0.411 e. The zero-order chi connectivity index (χ0) is 27.9. The van der Waals surface area contributed by atoms with Crippen molar-refractivity contribution in [3.05, 3.63) is 95.0 Å². The summed E-state index contributed by atoms with van der Waals surface area (Å²) in [6.45, 7) is 2.16. The first kappa shape index (κ1) is 26.1. The van der Waals surface area contributed by atoms with Crippen LogP contribution >= 0.6 is 0 Å². The van der Waals surface area contributed by atoms with Crippen LogP contribution in [0.25, 0.3) is 11.1 Å². The smallest absolute Gasteiger partial charge is 0.411 e. The minimum absolute atomic E-state index is 0.00599. The molecule has 206 valence electrons. The van der Waals surface area contributed by atoms with Crippen LogP contribution < -0.4 is 10.1 Å². The van der Waals surface area contributed by atoms with Crippen molar-refractivity contribution in [2.24, 2.45) is 5.92 Å². The second-order valence-electron chi connectivity index (χ2n) is 10.5. The average Bonchev–Trinajstić information content (AvgIpc) is 3.53. The van der Waals surface area contributed by atoms with Gasteiger partial charge in [-0.2, -0.15) is 0 Å². The number of allylic oxidation sites excluding steroid dienone is 1. The SMILES string of the molecule is COc1cc(F)c(C[C@H](C)[C@]23CCC(=O)C=C2OCO3)cc1NC(=O)OCC1c2ccccc2-c2ccccc21. The Kier molecular flexibility index (Phi) is 6.80. The molecule has 0 unspecified atom stereocenters. The summed E-state index contributed by atoms with van der Waals surface area (Å²) in [4.78, 5) is 24.9. The van der Waals surface area contributed by atoms with E-state index in [1.54, 1.807) is 6.07 Å². The number of methoxy groups -OCH3 is 1. The number of halogens is 1. The average molecular weight is 544 g/mol. The van der Waals surface area contributed by atoms with Crippen molar-refractivity contribution >= 4 is 17.6 Å². The minimum Gasteiger partial charge on any atom is -0.494 e. The van der Waals surface area contributed by atoms with Crippen LogP contribution in [0.5, 0.6) is 5.75 Å². The first-order valence-corrected chi connectivity index (χ1v) is 13.4. The van der Waals surface area contributed by atoms with Gasteiger partial charge in [-0.15, -0.1) is 0 Å². The van der Waals surface area contributed by atoms with E-state index in [1.165, 1.54) is 19.3 Å². The zero-order valence-corrected chi connectivity index (χ0v) is 22.4. The van der Waals surface area contributed by atoms with E-state index >= 15 is 4.39 Å². The van der Waals surface area contributed by atoms with Gasteiger partial charge in [0, 0.05) is 24.5 Å². The number of ketones is 1. The minimum atomic E-state index is -0.777. The van der Waals surface area contributed by atoms with E-state index in [-0.39, 0.29) is 36.8 Å². The van der Waals surface area contributed by atoms with Crippen LogP contribution in [0.2, 0.25) is 0 Å². The Morgan fingerprint density at radius 1 is 1.12 bits per heavy atom. The van der Waals surface area contributed by atoms with Crippen molar-refractivity contribution in [1.29, 1.82) is 0 Å². The third-order valence-electron chi connectivity index (χ3n) is 8.25. The van der Waals surface area contributed by atoms with Gasteiger partial charge >= 0.3 is 6.09 Å². The number of carbonyl (C=O) groups is 2. The number of benzene rings is 3. The van der Waals surface area contributed by atoms with Crippen LogP contribution in [0.1, 0.15) is 42.4 Å². The Balaban J connectivity index is 1.18. The maximum absolute atomic E-state index is 15.2. The highest BCUT2D eigenvalue weighted by atomic mass is 19.1. The third-order valence-corrected chi connectivity index (χ3v) is 8.25. The lowest BCUT2D eigenvalue weighted by atomic mass is 9.76. The number of nitrogens with one attached hydrogen (secondary N) is 1. The number of hydrogen-bond acceptors (Lipinski definition) is 6. The van der Waals surface area contributed by atoms with Crippen molar-refractivity contribution in [3.8, 4) is 16.9 Å². The molecule has 2 atom stereocenters. The van der Waals surface area contributed by atoms with Crippen LogP contribution in [0, 0.1) is 11.7 Å². The summed E-state index contributed by atoms with van der Waals surface area (Å²) in [5.41, 5.74) is 4.41. The summed E-state index contributed by atoms with van der Waals surface area (Å²) in [5, 5.41) is 2.74. The lowest BCUT2D eigenvalue weighted by Crippen LogP contribution is -2.41. The number of carbonyl (C=O) groups excluding carboxylic acids is 2. The number of ether oxygens (including phenoxy) is 4. The van der Waals surface area contributed by atoms with Gasteiger partial charge in [0.05, 0.1) is 12.8 Å². The lowest BCUT2D eigenvalue weighted by Gasteiger charge is -2.35. The van der Waals surface area contributed by atoms with E-state index in [1.807, 2.05) is 31.2 Å². The summed E-state index contributed by atoms with van der Waals surface area (Å²) in [6, 6.07) is 19.0. The van der Waals surface area contributed by atoms with Gasteiger partial charge in [0.25, 0.3) is 0 Å². The predicted molar refractivity (Wildman–Crippen MR) is 147 cm³/mol. The quantitative estimate of drug-likeness (QED) is 0.373. The van der Waals surface area contributed by atoms with Gasteiger partial charge in [0.15, 0.2) is 12.6 Å². The summed E-state index contributed by atoms with van der Waals surface area (Å²) < 4.78 is 37.7. The molecule has 0 spiro atoms. The largest absolute Gasteiger partial charge is 0.494 e. The number of hydrogen-bond donors (Lipinski definition) is 1. The third kappa shape index (κ3) is 4.52. The van der Waals surface area contributed by atoms with E-state index in [0.717, 1.165) is 22.3 Å². The van der Waals surface area contributed by atoms with Crippen LogP contribution in [0.3, 0.4) is 0 Å². The molecule has 3 aliphatic rings. The fourth-order valence-corrected chi connectivity index (χ4v) is 6.17.